The average molecular weight is 413 g/mol. The molecule has 0 atom stereocenters. The molecule has 1 aromatic carbocycles. The van der Waals surface area contributed by atoms with Crippen molar-refractivity contribution in [2.24, 2.45) is 7.05 Å². The van der Waals surface area contributed by atoms with E-state index in [9.17, 15) is 10.1 Å². The van der Waals surface area contributed by atoms with E-state index in [1.54, 1.807) is 37.5 Å². The monoisotopic (exact) mass is 413 g/mol. The summed E-state index contributed by atoms with van der Waals surface area (Å²) >= 11 is 0. The summed E-state index contributed by atoms with van der Waals surface area (Å²) in [5, 5.41) is 17.0. The van der Waals surface area contributed by atoms with Crippen molar-refractivity contribution in [1.82, 2.24) is 29.8 Å². The average Bonchev–Trinajstić information content (AvgIpc) is 3.11. The quantitative estimate of drug-likeness (QED) is 0.494. The number of tetrazole rings is 1. The van der Waals surface area contributed by atoms with Crippen LogP contribution in [0.15, 0.2) is 53.5 Å². The van der Waals surface area contributed by atoms with E-state index in [4.69, 9.17) is 4.74 Å². The number of hydrogen-bond donors (Lipinski definition) is 0. The van der Waals surface area contributed by atoms with Gasteiger partial charge in [0.1, 0.15) is 12.7 Å². The third-order valence-corrected chi connectivity index (χ3v) is 4.94. The molecular formula is C22H19N7O2. The minimum atomic E-state index is -0.339. The highest BCUT2D eigenvalue weighted by Gasteiger charge is 2.15. The molecule has 0 fully saturated rings. The normalized spacial score (nSPS) is 10.6. The van der Waals surface area contributed by atoms with Crippen molar-refractivity contribution in [3.05, 3.63) is 81.5 Å². The lowest BCUT2D eigenvalue weighted by Gasteiger charge is -2.13. The lowest BCUT2D eigenvalue weighted by Crippen LogP contribution is -2.23. The second-order valence-electron chi connectivity index (χ2n) is 6.95. The SMILES string of the molecule is Cc1cccc(-n2nnn(C)c2=O)c1COc1ccc(-c2ncccc2C#N)c(C)n1. The van der Waals surface area contributed by atoms with Crippen molar-refractivity contribution in [2.45, 2.75) is 20.5 Å². The van der Waals surface area contributed by atoms with Crippen molar-refractivity contribution >= 4 is 0 Å². The molecule has 4 aromatic rings. The van der Waals surface area contributed by atoms with Crippen LogP contribution in [0.5, 0.6) is 5.88 Å². The molecule has 0 aliphatic rings. The minimum absolute atomic E-state index is 0.198. The molecule has 31 heavy (non-hydrogen) atoms. The van der Waals surface area contributed by atoms with Crippen LogP contribution in [0, 0.1) is 25.2 Å². The Kier molecular flexibility index (Phi) is 5.28. The lowest BCUT2D eigenvalue weighted by molar-refractivity contribution is 0.292. The largest absolute Gasteiger partial charge is 0.473 e. The van der Waals surface area contributed by atoms with E-state index in [0.717, 1.165) is 16.7 Å². The summed E-state index contributed by atoms with van der Waals surface area (Å²) < 4.78 is 8.36. The van der Waals surface area contributed by atoms with E-state index in [0.29, 0.717) is 28.5 Å². The predicted octanol–water partition coefficient (Wildman–Crippen LogP) is 2.49. The van der Waals surface area contributed by atoms with Crippen molar-refractivity contribution in [1.29, 1.82) is 5.26 Å². The summed E-state index contributed by atoms with van der Waals surface area (Å²) in [5.41, 5.74) is 4.58. The second-order valence-corrected chi connectivity index (χ2v) is 6.95. The van der Waals surface area contributed by atoms with Crippen LogP contribution in [0.4, 0.5) is 0 Å². The van der Waals surface area contributed by atoms with Crippen LogP contribution in [0.2, 0.25) is 0 Å². The maximum absolute atomic E-state index is 12.3. The molecule has 0 saturated carbocycles. The molecule has 9 nitrogen and oxygen atoms in total. The third kappa shape index (κ3) is 3.79. The Balaban J connectivity index is 1.63. The van der Waals surface area contributed by atoms with E-state index < -0.39 is 0 Å². The fraction of sp³-hybridized carbons (Fsp3) is 0.182. The molecule has 0 unspecified atom stereocenters. The molecule has 0 saturated heterocycles. The number of ether oxygens (including phenoxy) is 1. The maximum atomic E-state index is 12.3. The Labute approximate surface area is 178 Å². The van der Waals surface area contributed by atoms with Gasteiger partial charge in [-0.05, 0) is 54.1 Å². The number of rotatable bonds is 5. The summed E-state index contributed by atoms with van der Waals surface area (Å²) in [4.78, 5) is 21.1. The Morgan fingerprint density at radius 1 is 1.10 bits per heavy atom. The molecule has 0 spiro atoms. The Morgan fingerprint density at radius 2 is 1.94 bits per heavy atom. The molecule has 0 aliphatic carbocycles. The molecule has 3 heterocycles. The van der Waals surface area contributed by atoms with Gasteiger partial charge in [-0.15, -0.1) is 0 Å². The fourth-order valence-corrected chi connectivity index (χ4v) is 3.26. The van der Waals surface area contributed by atoms with Crippen molar-refractivity contribution in [2.75, 3.05) is 0 Å². The highest BCUT2D eigenvalue weighted by atomic mass is 16.5. The minimum Gasteiger partial charge on any atom is -0.473 e. The lowest BCUT2D eigenvalue weighted by atomic mass is 10.1. The number of nitrogens with zero attached hydrogens (tertiary/aromatic N) is 7. The van der Waals surface area contributed by atoms with Gasteiger partial charge < -0.3 is 4.74 Å². The van der Waals surface area contributed by atoms with Crippen molar-refractivity contribution in [3.63, 3.8) is 0 Å². The van der Waals surface area contributed by atoms with E-state index in [2.05, 4.69) is 26.5 Å². The number of aromatic nitrogens is 6. The van der Waals surface area contributed by atoms with Crippen LogP contribution in [-0.4, -0.2) is 29.8 Å². The molecule has 0 aliphatic heterocycles. The van der Waals surface area contributed by atoms with Gasteiger partial charge in [-0.25, -0.2) is 9.78 Å². The zero-order valence-electron chi connectivity index (χ0n) is 17.3. The van der Waals surface area contributed by atoms with Gasteiger partial charge in [0.25, 0.3) is 0 Å². The van der Waals surface area contributed by atoms with E-state index in [1.165, 1.54) is 9.36 Å². The Morgan fingerprint density at radius 3 is 2.65 bits per heavy atom. The second kappa shape index (κ2) is 8.20. The van der Waals surface area contributed by atoms with Gasteiger partial charge in [0.2, 0.25) is 5.88 Å². The maximum Gasteiger partial charge on any atom is 0.368 e. The molecule has 4 rings (SSSR count). The number of pyridine rings is 2. The molecule has 0 amide bonds. The first kappa shape index (κ1) is 20.0. The highest BCUT2D eigenvalue weighted by molar-refractivity contribution is 5.68. The molecule has 3 aromatic heterocycles. The van der Waals surface area contributed by atoms with Crippen molar-refractivity contribution < 1.29 is 4.74 Å². The first-order valence-corrected chi connectivity index (χ1v) is 9.53. The summed E-state index contributed by atoms with van der Waals surface area (Å²) in [7, 11) is 1.55. The number of hydrogen-bond acceptors (Lipinski definition) is 7. The zero-order valence-corrected chi connectivity index (χ0v) is 17.3. The topological polar surface area (TPSA) is 112 Å². The molecule has 0 bridgehead atoms. The van der Waals surface area contributed by atoms with Gasteiger partial charge in [0.05, 0.1) is 22.6 Å². The predicted molar refractivity (Wildman–Crippen MR) is 113 cm³/mol. The van der Waals surface area contributed by atoms with Crippen LogP contribution in [-0.2, 0) is 13.7 Å². The number of aryl methyl sites for hydroxylation is 3. The zero-order chi connectivity index (χ0) is 22.0. The standard InChI is InChI=1S/C22H19N7O2/c1-14-6-4-8-19(29-22(30)28(3)26-27-29)18(14)13-31-20-10-9-17(15(2)25-20)21-16(12-23)7-5-11-24-21/h4-11H,13H2,1-3H3. The molecule has 0 radical (unpaired) electrons. The smallest absolute Gasteiger partial charge is 0.368 e. The van der Waals surface area contributed by atoms with Gasteiger partial charge >= 0.3 is 5.69 Å². The highest BCUT2D eigenvalue weighted by Crippen LogP contribution is 2.26. The van der Waals surface area contributed by atoms with Crippen LogP contribution >= 0.6 is 0 Å². The van der Waals surface area contributed by atoms with Gasteiger partial charge in [-0.3, -0.25) is 4.98 Å². The van der Waals surface area contributed by atoms with Gasteiger partial charge in [-0.2, -0.15) is 14.6 Å². The third-order valence-electron chi connectivity index (χ3n) is 4.94. The molecule has 0 N–H and O–H groups in total. The van der Waals surface area contributed by atoms with E-state index in [-0.39, 0.29) is 12.3 Å². The summed E-state index contributed by atoms with van der Waals surface area (Å²) in [6.07, 6.45) is 1.65. The van der Waals surface area contributed by atoms with Crippen molar-refractivity contribution in [3.8, 4) is 28.9 Å². The summed E-state index contributed by atoms with van der Waals surface area (Å²) in [5.74, 6) is 0.427. The molecular weight excluding hydrogens is 394 g/mol. The van der Waals surface area contributed by atoms with Gasteiger partial charge in [0.15, 0.2) is 0 Å². The van der Waals surface area contributed by atoms with Crippen LogP contribution in [0.25, 0.3) is 16.9 Å². The number of benzene rings is 1. The summed E-state index contributed by atoms with van der Waals surface area (Å²) in [6.45, 7) is 3.98. The van der Waals surface area contributed by atoms with E-state index >= 15 is 0 Å². The van der Waals surface area contributed by atoms with Crippen LogP contribution < -0.4 is 10.4 Å². The Bertz CT molecular complexity index is 1370. The van der Waals surface area contributed by atoms with Gasteiger partial charge in [0, 0.05) is 30.4 Å². The first-order valence-electron chi connectivity index (χ1n) is 9.53. The van der Waals surface area contributed by atoms with Gasteiger partial charge in [-0.1, -0.05) is 12.1 Å². The Hall–Kier alpha value is -4.32. The first-order chi connectivity index (χ1) is 15.0. The summed E-state index contributed by atoms with van der Waals surface area (Å²) in [6, 6.07) is 14.8. The number of nitriles is 1. The van der Waals surface area contributed by atoms with Crippen LogP contribution in [0.3, 0.4) is 0 Å². The molecule has 9 heteroatoms. The van der Waals surface area contributed by atoms with E-state index in [1.807, 2.05) is 32.0 Å². The molecule has 154 valence electrons. The van der Waals surface area contributed by atoms with Crippen LogP contribution in [0.1, 0.15) is 22.4 Å². The fourth-order valence-electron chi connectivity index (χ4n) is 3.26.